The van der Waals surface area contributed by atoms with Gasteiger partial charge in [-0.2, -0.15) is 0 Å². The van der Waals surface area contributed by atoms with Crippen LogP contribution in [0, 0.1) is 5.92 Å². The molecule has 1 aliphatic heterocycles. The quantitative estimate of drug-likeness (QED) is 0.572. The minimum atomic E-state index is -0.489. The van der Waals surface area contributed by atoms with Crippen molar-refractivity contribution in [2.75, 3.05) is 23.3 Å². The van der Waals surface area contributed by atoms with Crippen LogP contribution in [0.1, 0.15) is 45.6 Å². The molecule has 0 spiro atoms. The second-order valence-electron chi connectivity index (χ2n) is 8.70. The number of piperidine rings is 1. The Morgan fingerprint density at radius 1 is 1.15 bits per heavy atom. The zero-order valence-electron chi connectivity index (χ0n) is 19.5. The third kappa shape index (κ3) is 4.73. The number of fused-ring (bicyclic) bond motifs is 1. The van der Waals surface area contributed by atoms with E-state index in [4.69, 9.17) is 4.98 Å². The Hall–Kier alpha value is -2.94. The highest BCUT2D eigenvalue weighted by atomic mass is 32.1. The molecule has 9 heteroatoms. The summed E-state index contributed by atoms with van der Waals surface area (Å²) in [4.78, 5) is 46.2. The van der Waals surface area contributed by atoms with Crippen LogP contribution in [-0.4, -0.2) is 33.1 Å². The van der Waals surface area contributed by atoms with Gasteiger partial charge in [-0.1, -0.05) is 50.3 Å². The van der Waals surface area contributed by atoms with Crippen molar-refractivity contribution in [2.45, 2.75) is 59.5 Å². The molecule has 1 amide bonds. The van der Waals surface area contributed by atoms with Gasteiger partial charge in [0.05, 0.1) is 0 Å². The van der Waals surface area contributed by atoms with Gasteiger partial charge in [-0.15, -0.1) is 0 Å². The SMILES string of the molecule is CCCn1c(=O)c2sc(N3CCC(C)CC3)nc2n(CC(=O)Nc2ccccc2CC)c1=O. The van der Waals surface area contributed by atoms with Gasteiger partial charge in [0.25, 0.3) is 5.56 Å². The van der Waals surface area contributed by atoms with E-state index in [1.165, 1.54) is 20.5 Å². The molecule has 0 radical (unpaired) electrons. The van der Waals surface area contributed by atoms with E-state index in [0.29, 0.717) is 29.2 Å². The number of carbonyl (C=O) groups excluding carboxylic acids is 1. The molecule has 4 rings (SSSR count). The van der Waals surface area contributed by atoms with Gasteiger partial charge in [-0.05, 0) is 43.2 Å². The lowest BCUT2D eigenvalue weighted by Crippen LogP contribution is -2.41. The van der Waals surface area contributed by atoms with Crippen LogP contribution in [0.2, 0.25) is 0 Å². The summed E-state index contributed by atoms with van der Waals surface area (Å²) in [5, 5.41) is 3.67. The average molecular weight is 470 g/mol. The first-order valence-corrected chi connectivity index (χ1v) is 12.5. The maximum absolute atomic E-state index is 13.2. The van der Waals surface area contributed by atoms with Crippen molar-refractivity contribution in [3.63, 3.8) is 0 Å². The first-order chi connectivity index (χ1) is 15.9. The molecule has 176 valence electrons. The molecule has 8 nitrogen and oxygen atoms in total. The number of benzene rings is 1. The zero-order valence-corrected chi connectivity index (χ0v) is 20.3. The minimum absolute atomic E-state index is 0.197. The van der Waals surface area contributed by atoms with E-state index in [1.54, 1.807) is 0 Å². The Balaban J connectivity index is 1.73. The van der Waals surface area contributed by atoms with Crippen molar-refractivity contribution in [3.05, 3.63) is 50.7 Å². The Labute approximate surface area is 196 Å². The van der Waals surface area contributed by atoms with Crippen LogP contribution in [0.4, 0.5) is 10.8 Å². The maximum Gasteiger partial charge on any atom is 0.333 e. The largest absolute Gasteiger partial charge is 0.348 e. The Bertz CT molecular complexity index is 1270. The third-order valence-corrected chi connectivity index (χ3v) is 7.32. The van der Waals surface area contributed by atoms with Crippen molar-refractivity contribution in [2.24, 2.45) is 5.92 Å². The van der Waals surface area contributed by atoms with Crippen LogP contribution >= 0.6 is 11.3 Å². The summed E-state index contributed by atoms with van der Waals surface area (Å²) in [5.74, 6) is 0.354. The number of carbonyl (C=O) groups is 1. The molecular weight excluding hydrogens is 438 g/mol. The summed E-state index contributed by atoms with van der Waals surface area (Å²) in [6, 6.07) is 7.62. The van der Waals surface area contributed by atoms with E-state index in [2.05, 4.69) is 17.1 Å². The molecule has 0 aliphatic carbocycles. The zero-order chi connectivity index (χ0) is 23.5. The van der Waals surface area contributed by atoms with Crippen LogP contribution in [0.25, 0.3) is 10.3 Å². The molecule has 2 aromatic heterocycles. The van der Waals surface area contributed by atoms with Crippen molar-refractivity contribution < 1.29 is 4.79 Å². The average Bonchev–Trinajstić information content (AvgIpc) is 3.26. The highest BCUT2D eigenvalue weighted by molar-refractivity contribution is 7.22. The molecular formula is C24H31N5O3S. The normalized spacial score (nSPS) is 14.7. The lowest BCUT2D eigenvalue weighted by atomic mass is 10.00. The van der Waals surface area contributed by atoms with Crippen LogP contribution in [0.3, 0.4) is 0 Å². The first kappa shape index (κ1) is 23.2. The number of nitrogens with one attached hydrogen (secondary N) is 1. The molecule has 3 aromatic rings. The summed E-state index contributed by atoms with van der Waals surface area (Å²) >= 11 is 1.32. The highest BCUT2D eigenvalue weighted by Crippen LogP contribution is 2.29. The third-order valence-electron chi connectivity index (χ3n) is 6.23. The fourth-order valence-electron chi connectivity index (χ4n) is 4.25. The minimum Gasteiger partial charge on any atom is -0.348 e. The number of rotatable bonds is 7. The van der Waals surface area contributed by atoms with Crippen molar-refractivity contribution in [3.8, 4) is 0 Å². The summed E-state index contributed by atoms with van der Waals surface area (Å²) in [7, 11) is 0. The molecule has 0 unspecified atom stereocenters. The van der Waals surface area contributed by atoms with Crippen LogP contribution in [0.15, 0.2) is 33.9 Å². The molecule has 0 bridgehead atoms. The number of thiazole rings is 1. The van der Waals surface area contributed by atoms with Gasteiger partial charge in [0, 0.05) is 25.3 Å². The van der Waals surface area contributed by atoms with Crippen molar-refractivity contribution in [1.29, 1.82) is 0 Å². The number of aryl methyl sites for hydroxylation is 1. The van der Waals surface area contributed by atoms with E-state index >= 15 is 0 Å². The number of anilines is 2. The molecule has 1 fully saturated rings. The molecule has 1 aliphatic rings. The van der Waals surface area contributed by atoms with E-state index in [0.717, 1.165) is 48.7 Å². The van der Waals surface area contributed by atoms with Crippen LogP contribution < -0.4 is 21.5 Å². The monoisotopic (exact) mass is 469 g/mol. The lowest BCUT2D eigenvalue weighted by molar-refractivity contribution is -0.116. The van der Waals surface area contributed by atoms with E-state index in [1.807, 2.05) is 38.1 Å². The topological polar surface area (TPSA) is 89.2 Å². The summed E-state index contributed by atoms with van der Waals surface area (Å²) in [6.07, 6.45) is 3.57. The maximum atomic E-state index is 13.2. The summed E-state index contributed by atoms with van der Waals surface area (Å²) < 4.78 is 3.01. The lowest BCUT2D eigenvalue weighted by Gasteiger charge is -2.29. The second kappa shape index (κ2) is 9.91. The number of amides is 1. The summed E-state index contributed by atoms with van der Waals surface area (Å²) in [6.45, 7) is 8.05. The number of nitrogens with zero attached hydrogens (tertiary/aromatic N) is 4. The Morgan fingerprint density at radius 3 is 2.58 bits per heavy atom. The van der Waals surface area contributed by atoms with Gasteiger partial charge >= 0.3 is 5.69 Å². The van der Waals surface area contributed by atoms with Crippen LogP contribution in [-0.2, 0) is 24.3 Å². The van der Waals surface area contributed by atoms with E-state index in [-0.39, 0.29) is 18.0 Å². The van der Waals surface area contributed by atoms with E-state index < -0.39 is 5.69 Å². The number of para-hydroxylation sites is 1. The smallest absolute Gasteiger partial charge is 0.333 e. The molecule has 1 aromatic carbocycles. The predicted molar refractivity (Wildman–Crippen MR) is 133 cm³/mol. The Morgan fingerprint density at radius 2 is 1.88 bits per heavy atom. The number of aromatic nitrogens is 3. The van der Waals surface area contributed by atoms with Gasteiger partial charge < -0.3 is 10.2 Å². The standard InChI is InChI=1S/C24H31N5O3S/c1-4-12-28-22(31)20-21(26-23(33-20)27-13-10-16(3)11-14-27)29(24(28)32)15-19(30)25-18-9-7-6-8-17(18)5-2/h6-9,16H,4-5,10-15H2,1-3H3,(H,25,30). The molecule has 1 N–H and O–H groups in total. The number of hydrogen-bond acceptors (Lipinski definition) is 6. The second-order valence-corrected chi connectivity index (χ2v) is 9.68. The number of hydrogen-bond donors (Lipinski definition) is 1. The van der Waals surface area contributed by atoms with Gasteiger partial charge in [-0.3, -0.25) is 18.7 Å². The fourth-order valence-corrected chi connectivity index (χ4v) is 5.32. The highest BCUT2D eigenvalue weighted by Gasteiger charge is 2.24. The molecule has 1 saturated heterocycles. The molecule has 0 saturated carbocycles. The predicted octanol–water partition coefficient (Wildman–Crippen LogP) is 3.47. The molecule has 0 atom stereocenters. The van der Waals surface area contributed by atoms with Gasteiger partial charge in [0.15, 0.2) is 10.8 Å². The van der Waals surface area contributed by atoms with E-state index in [9.17, 15) is 14.4 Å². The summed E-state index contributed by atoms with van der Waals surface area (Å²) in [5.41, 5.74) is 1.25. The molecule has 33 heavy (non-hydrogen) atoms. The first-order valence-electron chi connectivity index (χ1n) is 11.7. The van der Waals surface area contributed by atoms with Crippen molar-refractivity contribution in [1.82, 2.24) is 14.1 Å². The van der Waals surface area contributed by atoms with Crippen LogP contribution in [0.5, 0.6) is 0 Å². The van der Waals surface area contributed by atoms with Crippen molar-refractivity contribution >= 4 is 38.4 Å². The van der Waals surface area contributed by atoms with Gasteiger partial charge in [-0.25, -0.2) is 9.78 Å². The molecule has 3 heterocycles. The Kier molecular flexibility index (Phi) is 6.97. The van der Waals surface area contributed by atoms with Gasteiger partial charge in [0.1, 0.15) is 11.2 Å². The van der Waals surface area contributed by atoms with Gasteiger partial charge in [0.2, 0.25) is 5.91 Å². The fraction of sp³-hybridized carbons (Fsp3) is 0.500.